The predicted molar refractivity (Wildman–Crippen MR) is 65.3 cm³/mol. The fraction of sp³-hybridized carbons (Fsp3) is 0.400. The maximum atomic E-state index is 13.0. The second kappa shape index (κ2) is 4.22. The van der Waals surface area contributed by atoms with Crippen LogP contribution in [0.25, 0.3) is 5.57 Å². The van der Waals surface area contributed by atoms with Crippen LogP contribution in [0.15, 0.2) is 30.3 Å². The van der Waals surface area contributed by atoms with E-state index < -0.39 is 11.7 Å². The number of halogens is 3. The molecular formula is C15H13F3O. The van der Waals surface area contributed by atoms with E-state index in [1.165, 1.54) is 12.1 Å². The van der Waals surface area contributed by atoms with E-state index in [0.29, 0.717) is 19.3 Å². The SMILES string of the molecule is O=C1CC2C=C(c3ccccc3C(F)(F)F)CC2C1. The molecule has 0 heterocycles. The van der Waals surface area contributed by atoms with Gasteiger partial charge in [-0.05, 0) is 35.5 Å². The molecule has 1 fully saturated rings. The van der Waals surface area contributed by atoms with Crippen molar-refractivity contribution in [2.24, 2.45) is 11.8 Å². The van der Waals surface area contributed by atoms with Gasteiger partial charge in [-0.3, -0.25) is 4.79 Å². The van der Waals surface area contributed by atoms with Gasteiger partial charge in [0.05, 0.1) is 5.56 Å². The quantitative estimate of drug-likeness (QED) is 0.748. The van der Waals surface area contributed by atoms with E-state index in [1.807, 2.05) is 6.08 Å². The summed E-state index contributed by atoms with van der Waals surface area (Å²) in [7, 11) is 0. The third kappa shape index (κ3) is 2.20. The van der Waals surface area contributed by atoms with E-state index in [4.69, 9.17) is 0 Å². The van der Waals surface area contributed by atoms with Crippen molar-refractivity contribution in [2.45, 2.75) is 25.4 Å². The fourth-order valence-electron chi connectivity index (χ4n) is 3.19. The van der Waals surface area contributed by atoms with Crippen LogP contribution in [0.5, 0.6) is 0 Å². The average molecular weight is 266 g/mol. The fourth-order valence-corrected chi connectivity index (χ4v) is 3.19. The summed E-state index contributed by atoms with van der Waals surface area (Å²) in [4.78, 5) is 11.3. The van der Waals surface area contributed by atoms with Crippen molar-refractivity contribution in [3.63, 3.8) is 0 Å². The van der Waals surface area contributed by atoms with Crippen molar-refractivity contribution in [3.05, 3.63) is 41.5 Å². The van der Waals surface area contributed by atoms with Crippen LogP contribution >= 0.6 is 0 Å². The first kappa shape index (κ1) is 12.5. The highest BCUT2D eigenvalue weighted by Gasteiger charge is 2.39. The van der Waals surface area contributed by atoms with E-state index in [0.717, 1.165) is 11.6 Å². The zero-order valence-electron chi connectivity index (χ0n) is 10.2. The number of benzene rings is 1. The number of ketones is 1. The lowest BCUT2D eigenvalue weighted by Crippen LogP contribution is -2.08. The Morgan fingerprint density at radius 1 is 1.05 bits per heavy atom. The van der Waals surface area contributed by atoms with Crippen molar-refractivity contribution in [3.8, 4) is 0 Å². The van der Waals surface area contributed by atoms with Gasteiger partial charge in [-0.2, -0.15) is 13.2 Å². The molecule has 3 rings (SSSR count). The summed E-state index contributed by atoms with van der Waals surface area (Å²) < 4.78 is 38.9. The first-order valence-corrected chi connectivity index (χ1v) is 6.34. The van der Waals surface area contributed by atoms with Gasteiger partial charge in [0.2, 0.25) is 0 Å². The topological polar surface area (TPSA) is 17.1 Å². The lowest BCUT2D eigenvalue weighted by molar-refractivity contribution is -0.137. The predicted octanol–water partition coefficient (Wildman–Crippen LogP) is 4.09. The molecule has 2 aliphatic carbocycles. The summed E-state index contributed by atoms with van der Waals surface area (Å²) in [5.74, 6) is 0.585. The van der Waals surface area contributed by atoms with Gasteiger partial charge in [-0.1, -0.05) is 24.3 Å². The molecule has 0 spiro atoms. The number of hydrogen-bond donors (Lipinski definition) is 0. The molecule has 1 aromatic rings. The van der Waals surface area contributed by atoms with Crippen LogP contribution < -0.4 is 0 Å². The van der Waals surface area contributed by atoms with E-state index in [9.17, 15) is 18.0 Å². The summed E-state index contributed by atoms with van der Waals surface area (Å²) in [5.41, 5.74) is 0.444. The minimum atomic E-state index is -4.33. The molecule has 0 bridgehead atoms. The number of alkyl halides is 3. The Bertz CT molecular complexity index is 557. The molecule has 0 radical (unpaired) electrons. The highest BCUT2D eigenvalue weighted by molar-refractivity contribution is 5.84. The van der Waals surface area contributed by atoms with Gasteiger partial charge in [-0.25, -0.2) is 0 Å². The molecule has 0 N–H and O–H groups in total. The normalized spacial score (nSPS) is 26.5. The molecule has 100 valence electrons. The Kier molecular flexibility index (Phi) is 2.77. The smallest absolute Gasteiger partial charge is 0.300 e. The Labute approximate surface area is 109 Å². The van der Waals surface area contributed by atoms with Crippen LogP contribution in [0.3, 0.4) is 0 Å². The monoisotopic (exact) mass is 266 g/mol. The minimum absolute atomic E-state index is 0.142. The minimum Gasteiger partial charge on any atom is -0.300 e. The molecule has 1 aromatic carbocycles. The standard InChI is InChI=1S/C15H13F3O/c16-15(17,18)14-4-2-1-3-13(14)11-5-9-7-12(19)8-10(9)6-11/h1-5,9-10H,6-8H2. The van der Waals surface area contributed by atoms with Gasteiger partial charge in [0.25, 0.3) is 0 Å². The molecule has 1 nitrogen and oxygen atoms in total. The van der Waals surface area contributed by atoms with Gasteiger partial charge in [0, 0.05) is 12.8 Å². The number of carbonyl (C=O) groups is 1. The van der Waals surface area contributed by atoms with Crippen molar-refractivity contribution in [2.75, 3.05) is 0 Å². The number of allylic oxidation sites excluding steroid dienone is 2. The van der Waals surface area contributed by atoms with Crippen molar-refractivity contribution in [1.82, 2.24) is 0 Å². The van der Waals surface area contributed by atoms with Crippen LogP contribution in [0.1, 0.15) is 30.4 Å². The molecular weight excluding hydrogens is 253 g/mol. The second-order valence-electron chi connectivity index (χ2n) is 5.31. The molecule has 2 atom stereocenters. The number of hydrogen-bond acceptors (Lipinski definition) is 1. The van der Waals surface area contributed by atoms with Crippen molar-refractivity contribution < 1.29 is 18.0 Å². The van der Waals surface area contributed by atoms with Gasteiger partial charge < -0.3 is 0 Å². The van der Waals surface area contributed by atoms with Gasteiger partial charge >= 0.3 is 6.18 Å². The summed E-state index contributed by atoms with van der Waals surface area (Å²) in [6.45, 7) is 0. The first-order chi connectivity index (χ1) is 8.95. The zero-order valence-corrected chi connectivity index (χ0v) is 10.2. The maximum absolute atomic E-state index is 13.0. The summed E-state index contributed by atoms with van der Waals surface area (Å²) in [6, 6.07) is 5.68. The lowest BCUT2D eigenvalue weighted by Gasteiger charge is -2.14. The van der Waals surface area contributed by atoms with Gasteiger partial charge in [0.15, 0.2) is 0 Å². The summed E-state index contributed by atoms with van der Waals surface area (Å²) in [6.07, 6.45) is -0.865. The average Bonchev–Trinajstić information content (AvgIpc) is 2.85. The largest absolute Gasteiger partial charge is 0.416 e. The van der Waals surface area contributed by atoms with E-state index in [1.54, 1.807) is 6.07 Å². The van der Waals surface area contributed by atoms with Crippen LogP contribution in [0, 0.1) is 11.8 Å². The molecule has 19 heavy (non-hydrogen) atoms. The van der Waals surface area contributed by atoms with Crippen LogP contribution in [0.4, 0.5) is 13.2 Å². The highest BCUT2D eigenvalue weighted by Crippen LogP contribution is 2.46. The second-order valence-corrected chi connectivity index (χ2v) is 5.31. The van der Waals surface area contributed by atoms with Crippen molar-refractivity contribution >= 4 is 11.4 Å². The van der Waals surface area contributed by atoms with E-state index >= 15 is 0 Å². The molecule has 1 saturated carbocycles. The summed E-state index contributed by atoms with van der Waals surface area (Å²) in [5, 5.41) is 0. The molecule has 4 heteroatoms. The van der Waals surface area contributed by atoms with Crippen LogP contribution in [-0.4, -0.2) is 5.78 Å². The molecule has 2 unspecified atom stereocenters. The maximum Gasteiger partial charge on any atom is 0.416 e. The number of carbonyl (C=O) groups excluding carboxylic acids is 1. The Hall–Kier alpha value is -1.58. The zero-order chi connectivity index (χ0) is 13.6. The third-order valence-electron chi connectivity index (χ3n) is 4.03. The van der Waals surface area contributed by atoms with E-state index in [-0.39, 0.29) is 23.2 Å². The van der Waals surface area contributed by atoms with Gasteiger partial charge in [-0.15, -0.1) is 0 Å². The molecule has 0 saturated heterocycles. The number of rotatable bonds is 1. The lowest BCUT2D eigenvalue weighted by atomic mass is 9.95. The number of Topliss-reactive ketones (excluding diaryl/α,β-unsaturated/α-hetero) is 1. The number of fused-ring (bicyclic) bond motifs is 1. The molecule has 0 amide bonds. The van der Waals surface area contributed by atoms with Crippen LogP contribution in [-0.2, 0) is 11.0 Å². The van der Waals surface area contributed by atoms with Crippen molar-refractivity contribution in [1.29, 1.82) is 0 Å². The van der Waals surface area contributed by atoms with Crippen LogP contribution in [0.2, 0.25) is 0 Å². The Balaban J connectivity index is 1.97. The molecule has 0 aromatic heterocycles. The Morgan fingerprint density at radius 3 is 2.47 bits per heavy atom. The summed E-state index contributed by atoms with van der Waals surface area (Å²) >= 11 is 0. The van der Waals surface area contributed by atoms with E-state index in [2.05, 4.69) is 0 Å². The Morgan fingerprint density at radius 2 is 1.79 bits per heavy atom. The molecule has 0 aliphatic heterocycles. The first-order valence-electron chi connectivity index (χ1n) is 6.34. The highest BCUT2D eigenvalue weighted by atomic mass is 19.4. The van der Waals surface area contributed by atoms with Gasteiger partial charge in [0.1, 0.15) is 5.78 Å². The molecule has 2 aliphatic rings. The third-order valence-corrected chi connectivity index (χ3v) is 4.03.